The molecule has 0 bridgehead atoms. The third kappa shape index (κ3) is 4.95. The summed E-state index contributed by atoms with van der Waals surface area (Å²) in [5.41, 5.74) is 4.92. The Hall–Kier alpha value is -2.60. The first-order chi connectivity index (χ1) is 12.8. The molecule has 3 rings (SSSR count). The summed E-state index contributed by atoms with van der Waals surface area (Å²) < 4.78 is 15.9. The van der Waals surface area contributed by atoms with Crippen LogP contribution in [0.15, 0.2) is 77.0 Å². The number of nitrogens with zero attached hydrogens (tertiary/aromatic N) is 3. The zero-order valence-electron chi connectivity index (χ0n) is 14.6. The number of benzene rings is 2. The third-order valence-corrected chi connectivity index (χ3v) is 4.88. The van der Waals surface area contributed by atoms with E-state index in [9.17, 15) is 4.39 Å². The minimum absolute atomic E-state index is 0.351. The summed E-state index contributed by atoms with van der Waals surface area (Å²) in [6, 6.07) is 17.0. The molecule has 0 atom stereocenters. The predicted molar refractivity (Wildman–Crippen MR) is 107 cm³/mol. The Kier molecular flexibility index (Phi) is 6.44. The van der Waals surface area contributed by atoms with Crippen LogP contribution >= 0.6 is 11.8 Å². The molecule has 0 spiro atoms. The highest BCUT2D eigenvalue weighted by molar-refractivity contribution is 7.99. The second-order valence-corrected chi connectivity index (χ2v) is 6.84. The molecule has 134 valence electrons. The molecule has 0 aliphatic carbocycles. The van der Waals surface area contributed by atoms with Crippen molar-refractivity contribution in [2.24, 2.45) is 5.10 Å². The van der Waals surface area contributed by atoms with Crippen LogP contribution in [0.25, 0.3) is 5.69 Å². The molecule has 0 saturated heterocycles. The van der Waals surface area contributed by atoms with Gasteiger partial charge in [0.15, 0.2) is 0 Å². The average Bonchev–Trinajstić information content (AvgIpc) is 3.21. The van der Waals surface area contributed by atoms with Crippen LogP contribution in [-0.4, -0.2) is 21.2 Å². The van der Waals surface area contributed by atoms with Gasteiger partial charge in [0.05, 0.1) is 11.4 Å². The minimum atomic E-state index is -0.351. The molecule has 1 N–H and O–H groups in total. The number of aromatic nitrogens is 2. The second-order valence-electron chi connectivity index (χ2n) is 5.67. The molecule has 0 aliphatic heterocycles. The van der Waals surface area contributed by atoms with Crippen LogP contribution in [-0.2, 0) is 0 Å². The van der Waals surface area contributed by atoms with Crippen LogP contribution in [0.4, 0.5) is 10.1 Å². The van der Waals surface area contributed by atoms with E-state index in [2.05, 4.69) is 34.7 Å². The van der Waals surface area contributed by atoms with Gasteiger partial charge in [-0.25, -0.2) is 9.07 Å². The van der Waals surface area contributed by atoms with Gasteiger partial charge in [0.1, 0.15) is 5.82 Å². The molecule has 0 fully saturated rings. The lowest BCUT2D eigenvalue weighted by Gasteiger charge is -2.08. The molecule has 0 unspecified atom stereocenters. The van der Waals surface area contributed by atoms with E-state index in [0.29, 0.717) is 11.4 Å². The van der Waals surface area contributed by atoms with E-state index >= 15 is 0 Å². The zero-order chi connectivity index (χ0) is 18.2. The van der Waals surface area contributed by atoms with Crippen molar-refractivity contribution < 1.29 is 4.39 Å². The maximum absolute atomic E-state index is 14.3. The molecule has 0 amide bonds. The monoisotopic (exact) mass is 368 g/mol. The third-order valence-electron chi connectivity index (χ3n) is 3.87. The smallest absolute Gasteiger partial charge is 0.150 e. The lowest BCUT2D eigenvalue weighted by atomic mass is 10.2. The minimum Gasteiger partial charge on any atom is -0.276 e. The molecule has 4 nitrogen and oxygen atoms in total. The Morgan fingerprint density at radius 3 is 2.73 bits per heavy atom. The number of anilines is 1. The number of hydrazone groups is 1. The standard InChI is InChI=1S/C20H21FN4S/c1-2-16(11-14-26-18-7-4-3-5-8-18)23-24-20-10-9-17(15-19(20)21)25-13-6-12-22-25/h3-10,12-13,15,24H,2,11,14H2,1H3. The first-order valence-corrected chi connectivity index (χ1v) is 9.53. The van der Waals surface area contributed by atoms with E-state index in [-0.39, 0.29) is 5.82 Å². The van der Waals surface area contributed by atoms with Crippen molar-refractivity contribution in [2.75, 3.05) is 11.2 Å². The SMILES string of the molecule is CCC(CCSc1ccccc1)=NNc1ccc(-n2cccn2)cc1F. The van der Waals surface area contributed by atoms with Gasteiger partial charge in [-0.05, 0) is 43.2 Å². The molecule has 2 aromatic carbocycles. The maximum Gasteiger partial charge on any atom is 0.150 e. The summed E-state index contributed by atoms with van der Waals surface area (Å²) in [6.07, 6.45) is 5.13. The summed E-state index contributed by atoms with van der Waals surface area (Å²) in [4.78, 5) is 1.25. The van der Waals surface area contributed by atoms with Crippen LogP contribution in [0.5, 0.6) is 0 Å². The van der Waals surface area contributed by atoms with Crippen LogP contribution in [0.2, 0.25) is 0 Å². The summed E-state index contributed by atoms with van der Waals surface area (Å²) in [6.45, 7) is 2.06. The fourth-order valence-corrected chi connectivity index (χ4v) is 3.34. The Labute approximate surface area is 157 Å². The number of hydrogen-bond donors (Lipinski definition) is 1. The highest BCUT2D eigenvalue weighted by Gasteiger charge is 2.05. The van der Waals surface area contributed by atoms with Crippen molar-refractivity contribution in [1.82, 2.24) is 9.78 Å². The normalized spacial score (nSPS) is 11.5. The molecule has 26 heavy (non-hydrogen) atoms. The fraction of sp³-hybridized carbons (Fsp3) is 0.200. The largest absolute Gasteiger partial charge is 0.276 e. The predicted octanol–water partition coefficient (Wildman–Crippen LogP) is 5.37. The lowest BCUT2D eigenvalue weighted by molar-refractivity contribution is 0.628. The van der Waals surface area contributed by atoms with Gasteiger partial charge < -0.3 is 0 Å². The van der Waals surface area contributed by atoms with Crippen LogP contribution in [0.3, 0.4) is 0 Å². The number of hydrogen-bond acceptors (Lipinski definition) is 4. The summed E-state index contributed by atoms with van der Waals surface area (Å²) in [7, 11) is 0. The lowest BCUT2D eigenvalue weighted by Crippen LogP contribution is -2.04. The summed E-state index contributed by atoms with van der Waals surface area (Å²) in [5, 5.41) is 8.49. The summed E-state index contributed by atoms with van der Waals surface area (Å²) >= 11 is 1.80. The van der Waals surface area contributed by atoms with E-state index in [4.69, 9.17) is 0 Å². The van der Waals surface area contributed by atoms with Gasteiger partial charge >= 0.3 is 0 Å². The van der Waals surface area contributed by atoms with Crippen molar-refractivity contribution in [3.63, 3.8) is 0 Å². The quantitative estimate of drug-likeness (QED) is 0.330. The Bertz CT molecular complexity index is 848. The second kappa shape index (κ2) is 9.20. The Morgan fingerprint density at radius 1 is 1.19 bits per heavy atom. The van der Waals surface area contributed by atoms with Gasteiger partial charge in [-0.1, -0.05) is 25.1 Å². The van der Waals surface area contributed by atoms with Crippen molar-refractivity contribution in [3.8, 4) is 5.69 Å². The average molecular weight is 368 g/mol. The molecular weight excluding hydrogens is 347 g/mol. The van der Waals surface area contributed by atoms with E-state index in [1.54, 1.807) is 41.0 Å². The van der Waals surface area contributed by atoms with Gasteiger partial charge in [0, 0.05) is 34.8 Å². The Balaban J connectivity index is 1.58. The van der Waals surface area contributed by atoms with Gasteiger partial charge in [0.25, 0.3) is 0 Å². The zero-order valence-corrected chi connectivity index (χ0v) is 15.4. The van der Waals surface area contributed by atoms with E-state index in [1.807, 2.05) is 24.3 Å². The molecule has 6 heteroatoms. The van der Waals surface area contributed by atoms with Gasteiger partial charge in [0.2, 0.25) is 0 Å². The summed E-state index contributed by atoms with van der Waals surface area (Å²) in [5.74, 6) is 0.592. The highest BCUT2D eigenvalue weighted by Crippen LogP contribution is 2.20. The topological polar surface area (TPSA) is 42.2 Å². The molecule has 3 aromatic rings. The van der Waals surface area contributed by atoms with Crippen molar-refractivity contribution in [3.05, 3.63) is 72.8 Å². The van der Waals surface area contributed by atoms with E-state index in [0.717, 1.165) is 24.3 Å². The maximum atomic E-state index is 14.3. The van der Waals surface area contributed by atoms with Crippen molar-refractivity contribution >= 4 is 23.2 Å². The van der Waals surface area contributed by atoms with Crippen molar-refractivity contribution in [2.45, 2.75) is 24.7 Å². The first kappa shape index (κ1) is 18.2. The van der Waals surface area contributed by atoms with E-state index in [1.165, 1.54) is 11.0 Å². The van der Waals surface area contributed by atoms with Gasteiger partial charge in [-0.2, -0.15) is 10.2 Å². The van der Waals surface area contributed by atoms with Gasteiger partial charge in [-0.15, -0.1) is 11.8 Å². The molecule has 1 heterocycles. The molecule has 1 aromatic heterocycles. The number of thioether (sulfide) groups is 1. The number of nitrogens with one attached hydrogen (secondary N) is 1. The number of rotatable bonds is 8. The molecule has 0 saturated carbocycles. The molecule has 0 radical (unpaired) electrons. The van der Waals surface area contributed by atoms with E-state index < -0.39 is 0 Å². The fourth-order valence-electron chi connectivity index (χ4n) is 2.41. The van der Waals surface area contributed by atoms with Gasteiger partial charge in [-0.3, -0.25) is 5.43 Å². The Morgan fingerprint density at radius 2 is 2.04 bits per heavy atom. The van der Waals surface area contributed by atoms with Crippen LogP contribution in [0, 0.1) is 5.82 Å². The van der Waals surface area contributed by atoms with Crippen LogP contribution < -0.4 is 5.43 Å². The highest BCUT2D eigenvalue weighted by atomic mass is 32.2. The van der Waals surface area contributed by atoms with Crippen molar-refractivity contribution in [1.29, 1.82) is 0 Å². The van der Waals surface area contributed by atoms with Crippen LogP contribution in [0.1, 0.15) is 19.8 Å². The molecule has 0 aliphatic rings. The molecular formula is C20H21FN4S. The first-order valence-electron chi connectivity index (χ1n) is 8.55. The number of halogens is 1.